The number of phenolic OH excluding ortho intramolecular Hbond substituents is 3. The van der Waals surface area contributed by atoms with Crippen molar-refractivity contribution in [3.63, 3.8) is 0 Å². The Hall–Kier alpha value is -2.41. The molecule has 0 aliphatic carbocycles. The van der Waals surface area contributed by atoms with Crippen LogP contribution in [-0.4, -0.2) is 52.9 Å². The van der Waals surface area contributed by atoms with Crippen molar-refractivity contribution in [3.05, 3.63) is 52.5 Å². The number of rotatable bonds is 6. The number of aliphatic hydroxyl groups is 1. The van der Waals surface area contributed by atoms with Crippen molar-refractivity contribution in [2.45, 2.75) is 0 Å². The fourth-order valence-electron chi connectivity index (χ4n) is 1.73. The summed E-state index contributed by atoms with van der Waals surface area (Å²) in [4.78, 5) is 4.13. The first-order chi connectivity index (χ1) is 13.5. The molecule has 149 valence electrons. The van der Waals surface area contributed by atoms with E-state index in [2.05, 4.69) is 10.3 Å². The van der Waals surface area contributed by atoms with Crippen molar-refractivity contribution < 1.29 is 41.5 Å². The number of hydrogen-bond acceptors (Lipinski definition) is 8. The van der Waals surface area contributed by atoms with Crippen LogP contribution in [0, 0.1) is 11.3 Å². The predicted molar refractivity (Wildman–Crippen MR) is 101 cm³/mol. The predicted octanol–water partition coefficient (Wildman–Crippen LogP) is 1.89. The van der Waals surface area contributed by atoms with Crippen LogP contribution >= 0.6 is 11.6 Å². The number of aliphatic imine (C=N–C) groups is 1. The number of nitrogens with zero attached hydrogens (tertiary/aromatic N) is 2. The zero-order valence-corrected chi connectivity index (χ0v) is 16.9. The zero-order valence-electron chi connectivity index (χ0n) is 14.8. The van der Waals surface area contributed by atoms with Crippen molar-refractivity contribution in [2.24, 2.45) is 4.99 Å². The second-order valence-electron chi connectivity index (χ2n) is 5.03. The van der Waals surface area contributed by atoms with Gasteiger partial charge in [0.25, 0.3) is 0 Å². The van der Waals surface area contributed by atoms with Gasteiger partial charge in [0, 0.05) is 36.0 Å². The van der Waals surface area contributed by atoms with Crippen LogP contribution in [0.3, 0.4) is 0 Å². The van der Waals surface area contributed by atoms with Crippen molar-refractivity contribution >= 4 is 17.8 Å². The van der Waals surface area contributed by atoms with E-state index in [0.29, 0.717) is 35.8 Å². The van der Waals surface area contributed by atoms with E-state index in [-0.39, 0.29) is 23.9 Å². The minimum atomic E-state index is -0.265. The molecule has 0 saturated carbocycles. The maximum atomic E-state index is 9.48. The van der Waals surface area contributed by atoms with Crippen LogP contribution in [0.5, 0.6) is 17.2 Å². The van der Waals surface area contributed by atoms with Gasteiger partial charge in [-0.15, -0.1) is 0 Å². The molecular formula is C18H20ClN3O5V. The first-order valence-electron chi connectivity index (χ1n) is 7.88. The Kier molecular flexibility index (Phi) is 14.3. The molecule has 2 aromatic rings. The Morgan fingerprint density at radius 3 is 2.36 bits per heavy atom. The topological polar surface area (TPSA) is 146 Å². The van der Waals surface area contributed by atoms with Gasteiger partial charge in [0.1, 0.15) is 5.75 Å². The molecule has 10 heteroatoms. The molecule has 0 aromatic heterocycles. The van der Waals surface area contributed by atoms with E-state index in [4.69, 9.17) is 35.9 Å². The molecule has 0 aliphatic heterocycles. The maximum absolute atomic E-state index is 9.48. The van der Waals surface area contributed by atoms with Gasteiger partial charge in [-0.3, -0.25) is 4.99 Å². The Morgan fingerprint density at radius 1 is 1.07 bits per heavy atom. The quantitative estimate of drug-likeness (QED) is 0.260. The standard InChI is InChI=1S/C11H15ClN2O2.C7H5NO2.O.V/c12-10-1-2-11(16)9(7-10)8-14-4-3-13-5-6-15;8-4-5-1-2-6(9)7(10)3-5;;/h1-2,7-8,13,15-16H,3-6H2;1-3,9-10H;;. The number of aromatic hydroxyl groups is 3. The normalized spacial score (nSPS) is 9.57. The van der Waals surface area contributed by atoms with Gasteiger partial charge in [-0.1, -0.05) is 11.6 Å². The number of benzene rings is 2. The van der Waals surface area contributed by atoms with Gasteiger partial charge in [-0.25, -0.2) is 0 Å². The molecule has 0 amide bonds. The van der Waals surface area contributed by atoms with Gasteiger partial charge in [-0.05, 0) is 30.3 Å². The molecule has 8 nitrogen and oxygen atoms in total. The van der Waals surface area contributed by atoms with Crippen LogP contribution in [0.15, 0.2) is 41.4 Å². The Bertz CT molecular complexity index is 799. The third-order valence-corrected chi connectivity index (χ3v) is 3.27. The molecule has 2 rings (SSSR count). The molecule has 28 heavy (non-hydrogen) atoms. The summed E-state index contributed by atoms with van der Waals surface area (Å²) in [5, 5.41) is 47.5. The van der Waals surface area contributed by atoms with Gasteiger partial charge >= 0.3 is 21.0 Å². The summed E-state index contributed by atoms with van der Waals surface area (Å²) < 4.78 is 8.19. The Balaban J connectivity index is 0.000000520. The molecule has 2 aromatic carbocycles. The first-order valence-corrected chi connectivity index (χ1v) is 8.83. The van der Waals surface area contributed by atoms with Gasteiger partial charge in [-0.2, -0.15) is 5.26 Å². The molecule has 0 spiro atoms. The van der Waals surface area contributed by atoms with E-state index >= 15 is 0 Å². The van der Waals surface area contributed by atoms with Gasteiger partial charge in [0.05, 0.1) is 24.8 Å². The molecule has 0 atom stereocenters. The summed E-state index contributed by atoms with van der Waals surface area (Å²) in [6, 6.07) is 10.5. The molecule has 0 saturated heterocycles. The molecule has 0 unspecified atom stereocenters. The van der Waals surface area contributed by atoms with E-state index < -0.39 is 0 Å². The second-order valence-corrected chi connectivity index (χ2v) is 5.46. The summed E-state index contributed by atoms with van der Waals surface area (Å²) in [7, 11) is 0. The average molecular weight is 445 g/mol. The third-order valence-electron chi connectivity index (χ3n) is 3.03. The van der Waals surface area contributed by atoms with Crippen molar-refractivity contribution in [1.82, 2.24) is 5.32 Å². The zero-order chi connectivity index (χ0) is 21.4. The van der Waals surface area contributed by atoms with E-state index in [0.717, 1.165) is 17.4 Å². The number of aliphatic hydroxyl groups excluding tert-OH is 1. The number of hydrogen-bond donors (Lipinski definition) is 5. The summed E-state index contributed by atoms with van der Waals surface area (Å²) in [5.74, 6) is -0.311. The average Bonchev–Trinajstić information content (AvgIpc) is 2.71. The molecule has 0 fully saturated rings. The van der Waals surface area contributed by atoms with Gasteiger partial charge < -0.3 is 25.7 Å². The van der Waals surface area contributed by atoms with Gasteiger partial charge in [0.15, 0.2) is 11.5 Å². The van der Waals surface area contributed by atoms with E-state index in [1.165, 1.54) is 24.3 Å². The molecule has 0 heterocycles. The van der Waals surface area contributed by atoms with Crippen LogP contribution in [-0.2, 0) is 21.0 Å². The van der Waals surface area contributed by atoms with Crippen LogP contribution in [0.1, 0.15) is 11.1 Å². The Morgan fingerprint density at radius 2 is 1.75 bits per heavy atom. The van der Waals surface area contributed by atoms with E-state index in [1.54, 1.807) is 18.3 Å². The number of nitrogens with one attached hydrogen (secondary N) is 1. The molecule has 0 radical (unpaired) electrons. The second kappa shape index (κ2) is 15.6. The van der Waals surface area contributed by atoms with Crippen molar-refractivity contribution in [3.8, 4) is 23.3 Å². The minimum absolute atomic E-state index is 0.124. The van der Waals surface area contributed by atoms with E-state index in [1.807, 2.05) is 6.07 Å². The van der Waals surface area contributed by atoms with E-state index in [9.17, 15) is 5.11 Å². The SMILES string of the molecule is N#Cc1ccc(O)c(O)c1.OCCNCCN=Cc1cc(Cl)ccc1O.[O]=[V]. The number of nitriles is 1. The summed E-state index contributed by atoms with van der Waals surface area (Å²) >= 11 is 6.85. The van der Waals surface area contributed by atoms with Crippen LogP contribution in [0.2, 0.25) is 5.02 Å². The van der Waals surface area contributed by atoms with Gasteiger partial charge in [0.2, 0.25) is 0 Å². The number of phenols is 3. The molecule has 0 bridgehead atoms. The fourth-order valence-corrected chi connectivity index (χ4v) is 1.91. The number of halogens is 1. The van der Waals surface area contributed by atoms with Crippen LogP contribution in [0.25, 0.3) is 0 Å². The van der Waals surface area contributed by atoms with Crippen LogP contribution < -0.4 is 5.32 Å². The fraction of sp³-hybridized carbons (Fsp3) is 0.222. The molecule has 5 N–H and O–H groups in total. The molecule has 0 aliphatic rings. The Labute approximate surface area is 177 Å². The van der Waals surface area contributed by atoms with Crippen LogP contribution in [0.4, 0.5) is 0 Å². The molecular weight excluding hydrogens is 425 g/mol. The van der Waals surface area contributed by atoms with Crippen molar-refractivity contribution in [2.75, 3.05) is 26.2 Å². The summed E-state index contributed by atoms with van der Waals surface area (Å²) in [6.45, 7) is 1.97. The summed E-state index contributed by atoms with van der Waals surface area (Å²) in [5.41, 5.74) is 0.935. The first kappa shape index (κ1) is 25.6. The third kappa shape index (κ3) is 10.7. The summed E-state index contributed by atoms with van der Waals surface area (Å²) in [6.07, 6.45) is 1.59. The van der Waals surface area contributed by atoms with Crippen molar-refractivity contribution in [1.29, 1.82) is 5.26 Å². The monoisotopic (exact) mass is 444 g/mol.